The Labute approximate surface area is 149 Å². The molecule has 2 heterocycles. The van der Waals surface area contributed by atoms with Gasteiger partial charge in [0.1, 0.15) is 6.54 Å². The van der Waals surface area contributed by atoms with Crippen molar-refractivity contribution in [3.05, 3.63) is 69.0 Å². The van der Waals surface area contributed by atoms with Crippen molar-refractivity contribution in [3.8, 4) is 0 Å². The van der Waals surface area contributed by atoms with Gasteiger partial charge in [0.05, 0.1) is 0 Å². The lowest BCUT2D eigenvalue weighted by atomic mass is 10.1. The van der Waals surface area contributed by atoms with Crippen LogP contribution in [0.1, 0.15) is 24.5 Å². The Morgan fingerprint density at radius 2 is 1.77 bits per heavy atom. The third-order valence-corrected chi connectivity index (χ3v) is 4.19. The largest absolute Gasteiger partial charge is 0.446 e. The average Bonchev–Trinajstić information content (AvgIpc) is 3.17. The smallest absolute Gasteiger partial charge is 0.328 e. The fourth-order valence-electron chi connectivity index (χ4n) is 2.87. The second-order valence-corrected chi connectivity index (χ2v) is 6.05. The number of esters is 1. The maximum absolute atomic E-state index is 12.8. The van der Waals surface area contributed by atoms with Crippen molar-refractivity contribution >= 4 is 11.9 Å². The molecule has 8 nitrogen and oxygen atoms in total. The van der Waals surface area contributed by atoms with Crippen LogP contribution >= 0.6 is 0 Å². The summed E-state index contributed by atoms with van der Waals surface area (Å²) in [5.74, 6) is -1.00. The highest BCUT2D eigenvalue weighted by Gasteiger charge is 2.30. The molecule has 0 radical (unpaired) electrons. The van der Waals surface area contributed by atoms with Crippen LogP contribution in [0.25, 0.3) is 0 Å². The first-order valence-electron chi connectivity index (χ1n) is 8.37. The first kappa shape index (κ1) is 17.7. The number of carbonyl (C=O) groups is 2. The van der Waals surface area contributed by atoms with E-state index in [2.05, 4.69) is 4.98 Å². The molecule has 0 unspecified atom stereocenters. The van der Waals surface area contributed by atoms with E-state index in [1.807, 2.05) is 6.07 Å². The van der Waals surface area contributed by atoms with E-state index in [0.29, 0.717) is 18.7 Å². The van der Waals surface area contributed by atoms with E-state index in [1.165, 1.54) is 6.20 Å². The normalized spacial score (nSPS) is 14.8. The zero-order valence-electron chi connectivity index (χ0n) is 14.1. The maximum atomic E-state index is 12.8. The lowest BCUT2D eigenvalue weighted by molar-refractivity contribution is -0.161. The third kappa shape index (κ3) is 4.08. The van der Waals surface area contributed by atoms with Crippen molar-refractivity contribution in [2.45, 2.75) is 25.5 Å². The fourth-order valence-corrected chi connectivity index (χ4v) is 2.87. The number of carbonyl (C=O) groups excluding carboxylic acids is 2. The van der Waals surface area contributed by atoms with Gasteiger partial charge in [0.15, 0.2) is 0 Å². The molecule has 1 fully saturated rings. The van der Waals surface area contributed by atoms with E-state index in [4.69, 9.17) is 4.74 Å². The van der Waals surface area contributed by atoms with E-state index in [1.54, 1.807) is 29.2 Å². The van der Waals surface area contributed by atoms with Crippen molar-refractivity contribution in [1.29, 1.82) is 0 Å². The van der Waals surface area contributed by atoms with Crippen LogP contribution < -0.4 is 11.2 Å². The quantitative estimate of drug-likeness (QED) is 0.783. The summed E-state index contributed by atoms with van der Waals surface area (Å²) in [6.45, 7) is 0.879. The van der Waals surface area contributed by atoms with Crippen LogP contribution in [0.4, 0.5) is 0 Å². The van der Waals surface area contributed by atoms with Crippen molar-refractivity contribution in [1.82, 2.24) is 14.5 Å². The lowest BCUT2D eigenvalue weighted by Crippen LogP contribution is -2.36. The van der Waals surface area contributed by atoms with Crippen LogP contribution in [-0.4, -0.2) is 39.4 Å². The molecule has 1 amide bonds. The minimum atomic E-state index is -1.06. The van der Waals surface area contributed by atoms with Crippen LogP contribution in [0, 0.1) is 0 Å². The number of benzene rings is 1. The summed E-state index contributed by atoms with van der Waals surface area (Å²) in [4.78, 5) is 51.6. The number of nitrogens with zero attached hydrogens (tertiary/aromatic N) is 2. The number of hydrogen-bond donors (Lipinski definition) is 1. The molecular weight excluding hydrogens is 338 g/mol. The first-order chi connectivity index (χ1) is 12.5. The van der Waals surface area contributed by atoms with Crippen LogP contribution in [0.3, 0.4) is 0 Å². The lowest BCUT2D eigenvalue weighted by Gasteiger charge is -2.23. The van der Waals surface area contributed by atoms with E-state index in [9.17, 15) is 19.2 Å². The Bertz CT molecular complexity index is 897. The molecule has 8 heteroatoms. The number of aromatic amines is 1. The highest BCUT2D eigenvalue weighted by molar-refractivity contribution is 5.85. The number of aromatic nitrogens is 2. The monoisotopic (exact) mass is 357 g/mol. The zero-order chi connectivity index (χ0) is 18.5. The van der Waals surface area contributed by atoms with Crippen molar-refractivity contribution in [3.63, 3.8) is 0 Å². The first-order valence-corrected chi connectivity index (χ1v) is 8.37. The summed E-state index contributed by atoms with van der Waals surface area (Å²) >= 11 is 0. The third-order valence-electron chi connectivity index (χ3n) is 4.19. The van der Waals surface area contributed by atoms with Gasteiger partial charge in [-0.15, -0.1) is 0 Å². The van der Waals surface area contributed by atoms with E-state index in [0.717, 1.165) is 23.5 Å². The van der Waals surface area contributed by atoms with Gasteiger partial charge >= 0.3 is 11.7 Å². The summed E-state index contributed by atoms with van der Waals surface area (Å²) in [7, 11) is 0. The average molecular weight is 357 g/mol. The maximum Gasteiger partial charge on any atom is 0.328 e. The SMILES string of the molecule is O=C(Cn1ccc(=O)[nH]c1=O)O[C@H](C(=O)N1CCCC1)c1ccccc1. The van der Waals surface area contributed by atoms with Gasteiger partial charge in [-0.2, -0.15) is 0 Å². The number of ether oxygens (including phenoxy) is 1. The van der Waals surface area contributed by atoms with Gasteiger partial charge in [0.2, 0.25) is 6.10 Å². The number of hydrogen-bond acceptors (Lipinski definition) is 5. The fraction of sp³-hybridized carbons (Fsp3) is 0.333. The Morgan fingerprint density at radius 3 is 2.42 bits per heavy atom. The summed E-state index contributed by atoms with van der Waals surface area (Å²) in [6.07, 6.45) is 2.00. The van der Waals surface area contributed by atoms with Gasteiger partial charge < -0.3 is 9.64 Å². The van der Waals surface area contributed by atoms with Gasteiger partial charge in [-0.1, -0.05) is 30.3 Å². The predicted molar refractivity (Wildman–Crippen MR) is 92.4 cm³/mol. The molecule has 0 saturated carbocycles. The van der Waals surface area contributed by atoms with Gasteiger partial charge in [-0.05, 0) is 12.8 Å². The molecule has 1 aliphatic rings. The number of amides is 1. The molecule has 26 heavy (non-hydrogen) atoms. The molecule has 0 spiro atoms. The van der Waals surface area contributed by atoms with Crippen molar-refractivity contribution in [2.24, 2.45) is 0 Å². The van der Waals surface area contributed by atoms with Crippen LogP contribution in [0.5, 0.6) is 0 Å². The number of rotatable bonds is 5. The van der Waals surface area contributed by atoms with Gasteiger partial charge in [0, 0.05) is 30.9 Å². The van der Waals surface area contributed by atoms with Gasteiger partial charge in [-0.25, -0.2) is 4.79 Å². The summed E-state index contributed by atoms with van der Waals surface area (Å²) in [5.41, 5.74) is -0.686. The second-order valence-electron chi connectivity index (χ2n) is 6.05. The molecule has 1 aromatic heterocycles. The molecule has 0 bridgehead atoms. The Hall–Kier alpha value is -3.16. The number of likely N-dealkylation sites (tertiary alicyclic amines) is 1. The molecule has 1 aliphatic heterocycles. The topological polar surface area (TPSA) is 101 Å². The van der Waals surface area contributed by atoms with Crippen LogP contribution in [0.2, 0.25) is 0 Å². The van der Waals surface area contributed by atoms with Crippen molar-refractivity contribution in [2.75, 3.05) is 13.1 Å². The van der Waals surface area contributed by atoms with E-state index in [-0.39, 0.29) is 5.91 Å². The molecule has 1 atom stereocenters. The van der Waals surface area contributed by atoms with E-state index < -0.39 is 29.9 Å². The van der Waals surface area contributed by atoms with Crippen LogP contribution in [0.15, 0.2) is 52.2 Å². The second kappa shape index (κ2) is 7.81. The molecule has 1 N–H and O–H groups in total. The van der Waals surface area contributed by atoms with Gasteiger partial charge in [0.25, 0.3) is 11.5 Å². The van der Waals surface area contributed by atoms with E-state index >= 15 is 0 Å². The molecule has 2 aromatic rings. The Kier molecular flexibility index (Phi) is 5.31. The minimum absolute atomic E-state index is 0.268. The Morgan fingerprint density at radius 1 is 1.08 bits per heavy atom. The van der Waals surface area contributed by atoms with Gasteiger partial charge in [-0.3, -0.25) is 23.9 Å². The predicted octanol–water partition coefficient (Wildman–Crippen LogP) is 0.443. The van der Waals surface area contributed by atoms with Crippen LogP contribution in [-0.2, 0) is 20.9 Å². The highest BCUT2D eigenvalue weighted by atomic mass is 16.5. The summed E-state index contributed by atoms with van der Waals surface area (Å²) < 4.78 is 6.44. The van der Waals surface area contributed by atoms with Crippen molar-refractivity contribution < 1.29 is 14.3 Å². The molecule has 0 aliphatic carbocycles. The standard InChI is InChI=1S/C18H19N3O5/c22-14-8-11-21(18(25)19-14)12-15(23)26-16(13-6-2-1-3-7-13)17(24)20-9-4-5-10-20/h1-3,6-8,11,16H,4-5,9-10,12H2,(H,19,22,25)/t16-/m0/s1. The molecule has 136 valence electrons. The highest BCUT2D eigenvalue weighted by Crippen LogP contribution is 2.23. The molecule has 1 aromatic carbocycles. The molecule has 1 saturated heterocycles. The molecular formula is C18H19N3O5. The summed E-state index contributed by atoms with van der Waals surface area (Å²) in [5, 5.41) is 0. The molecule has 3 rings (SSSR count). The summed E-state index contributed by atoms with van der Waals surface area (Å²) in [6, 6.07) is 9.91. The zero-order valence-corrected chi connectivity index (χ0v) is 14.1. The number of nitrogens with one attached hydrogen (secondary N) is 1. The minimum Gasteiger partial charge on any atom is -0.446 e. The Balaban J connectivity index is 1.78. The number of H-pyrrole nitrogens is 1.